The average molecular weight is 311 g/mol. The van der Waals surface area contributed by atoms with E-state index in [-0.39, 0.29) is 13.0 Å². The van der Waals surface area contributed by atoms with Crippen LogP contribution >= 0.6 is 7.37 Å². The van der Waals surface area contributed by atoms with Gasteiger partial charge in [0.05, 0.1) is 20.3 Å². The zero-order valence-corrected chi connectivity index (χ0v) is 12.9. The molecule has 0 saturated carbocycles. The Labute approximate surface area is 129 Å². The fraction of sp³-hybridized carbons (Fsp3) is 0.111. The Morgan fingerprint density at radius 3 is 2.36 bits per heavy atom. The molecule has 1 unspecified atom stereocenters. The van der Waals surface area contributed by atoms with Gasteiger partial charge in [-0.2, -0.15) is 0 Å². The van der Waals surface area contributed by atoms with Crippen LogP contribution in [0.2, 0.25) is 0 Å². The molecule has 22 heavy (non-hydrogen) atoms. The average Bonchev–Trinajstić information content (AvgIpc) is 2.55. The lowest BCUT2D eigenvalue weighted by molar-refractivity contribution is -0.176. The molecule has 3 aromatic rings. The molecule has 0 amide bonds. The Balaban J connectivity index is 1.78. The van der Waals surface area contributed by atoms with Gasteiger partial charge in [0.25, 0.3) is 0 Å². The van der Waals surface area contributed by atoms with Gasteiger partial charge in [0, 0.05) is 5.30 Å². The lowest BCUT2D eigenvalue weighted by Crippen LogP contribution is -2.20. The van der Waals surface area contributed by atoms with Crippen molar-refractivity contribution in [1.29, 1.82) is 0 Å². The molecule has 112 valence electrons. The molecule has 0 aliphatic heterocycles. The van der Waals surface area contributed by atoms with Crippen LogP contribution in [0.5, 0.6) is 0 Å². The lowest BCUT2D eigenvalue weighted by Gasteiger charge is -2.25. The standard InChI is InChI=1S/C18H17O3P/c19-22(20,14-21-13-15-7-2-1-3-8-15)18-12-6-10-16-9-4-5-11-17(16)18/h1-12H,13-14H2,(H,19,20)/p-1. The van der Waals surface area contributed by atoms with E-state index >= 15 is 0 Å². The fourth-order valence-electron chi connectivity index (χ4n) is 2.43. The van der Waals surface area contributed by atoms with E-state index in [4.69, 9.17) is 4.74 Å². The van der Waals surface area contributed by atoms with Crippen molar-refractivity contribution >= 4 is 23.4 Å². The molecule has 0 bridgehead atoms. The molecule has 0 aromatic heterocycles. The molecule has 0 saturated heterocycles. The summed E-state index contributed by atoms with van der Waals surface area (Å²) in [6.45, 7) is 0.290. The molecule has 3 aromatic carbocycles. The van der Waals surface area contributed by atoms with Crippen molar-refractivity contribution in [2.45, 2.75) is 6.61 Å². The first kappa shape index (κ1) is 15.0. The lowest BCUT2D eigenvalue weighted by atomic mass is 10.1. The maximum atomic E-state index is 12.5. The van der Waals surface area contributed by atoms with E-state index in [1.165, 1.54) is 0 Å². The van der Waals surface area contributed by atoms with Gasteiger partial charge in [0.2, 0.25) is 0 Å². The van der Waals surface area contributed by atoms with Gasteiger partial charge < -0.3 is 14.2 Å². The molecule has 0 fully saturated rings. The normalized spacial score (nSPS) is 13.9. The van der Waals surface area contributed by atoms with Crippen molar-refractivity contribution in [2.75, 3.05) is 6.35 Å². The van der Waals surface area contributed by atoms with Gasteiger partial charge in [-0.05, 0) is 16.3 Å². The van der Waals surface area contributed by atoms with Gasteiger partial charge in [0.1, 0.15) is 0 Å². The number of rotatable bonds is 5. The maximum absolute atomic E-state index is 12.5. The Bertz CT molecular complexity index is 809. The van der Waals surface area contributed by atoms with Crippen molar-refractivity contribution in [3.8, 4) is 0 Å². The van der Waals surface area contributed by atoms with Gasteiger partial charge >= 0.3 is 0 Å². The van der Waals surface area contributed by atoms with E-state index in [0.717, 1.165) is 16.3 Å². The van der Waals surface area contributed by atoms with E-state index in [9.17, 15) is 9.46 Å². The quantitative estimate of drug-likeness (QED) is 0.679. The summed E-state index contributed by atoms with van der Waals surface area (Å²) in [7, 11) is -3.80. The van der Waals surface area contributed by atoms with Crippen LogP contribution in [0.3, 0.4) is 0 Å². The van der Waals surface area contributed by atoms with Crippen LogP contribution in [0.25, 0.3) is 10.8 Å². The van der Waals surface area contributed by atoms with Crippen LogP contribution in [-0.2, 0) is 15.9 Å². The third-order valence-electron chi connectivity index (χ3n) is 3.51. The molecule has 0 radical (unpaired) electrons. The zero-order chi connectivity index (χ0) is 15.4. The SMILES string of the molecule is O=P([O-])(COCc1ccccc1)c1cccc2ccccc12. The van der Waals surface area contributed by atoms with E-state index < -0.39 is 7.37 Å². The first-order chi connectivity index (χ1) is 10.7. The van der Waals surface area contributed by atoms with Crippen LogP contribution in [-0.4, -0.2) is 6.35 Å². The fourth-order valence-corrected chi connectivity index (χ4v) is 3.79. The van der Waals surface area contributed by atoms with Gasteiger partial charge in [-0.15, -0.1) is 0 Å². The molecule has 4 heteroatoms. The van der Waals surface area contributed by atoms with Crippen molar-refractivity contribution in [3.63, 3.8) is 0 Å². The highest BCUT2D eigenvalue weighted by atomic mass is 31.2. The topological polar surface area (TPSA) is 49.4 Å². The molecule has 0 N–H and O–H groups in total. The number of fused-ring (bicyclic) bond motifs is 1. The molecular weight excluding hydrogens is 295 g/mol. The Hall–Kier alpha value is -1.93. The monoisotopic (exact) mass is 311 g/mol. The smallest absolute Gasteiger partial charge is 0.0914 e. The second-order valence-corrected chi connectivity index (χ2v) is 7.22. The maximum Gasteiger partial charge on any atom is 0.0914 e. The first-order valence-corrected chi connectivity index (χ1v) is 8.88. The van der Waals surface area contributed by atoms with Crippen LogP contribution in [0.4, 0.5) is 0 Å². The molecule has 0 aliphatic carbocycles. The van der Waals surface area contributed by atoms with Crippen LogP contribution in [0.1, 0.15) is 5.56 Å². The van der Waals surface area contributed by atoms with E-state index in [1.807, 2.05) is 60.7 Å². The van der Waals surface area contributed by atoms with Crippen molar-refractivity contribution in [1.82, 2.24) is 0 Å². The number of hydrogen-bond acceptors (Lipinski definition) is 3. The van der Waals surface area contributed by atoms with Crippen LogP contribution in [0, 0.1) is 0 Å². The summed E-state index contributed by atoms with van der Waals surface area (Å²) in [5.74, 6) is 0. The minimum absolute atomic E-state index is 0.290. The number of ether oxygens (including phenoxy) is 1. The molecule has 1 atom stereocenters. The molecule has 3 rings (SSSR count). The molecule has 0 spiro atoms. The largest absolute Gasteiger partial charge is 0.794 e. The third-order valence-corrected chi connectivity index (χ3v) is 5.15. The number of benzene rings is 3. The first-order valence-electron chi connectivity index (χ1n) is 7.07. The molecule has 0 heterocycles. The molecule has 0 aliphatic rings. The summed E-state index contributed by atoms with van der Waals surface area (Å²) in [4.78, 5) is 12.5. The van der Waals surface area contributed by atoms with Gasteiger partial charge in [-0.25, -0.2) is 0 Å². The molecular formula is C18H16O3P-. The highest BCUT2D eigenvalue weighted by Gasteiger charge is 2.14. The predicted molar refractivity (Wildman–Crippen MR) is 87.3 cm³/mol. The van der Waals surface area contributed by atoms with Crippen molar-refractivity contribution in [3.05, 3.63) is 78.4 Å². The van der Waals surface area contributed by atoms with E-state index in [1.54, 1.807) is 12.1 Å². The highest BCUT2D eigenvalue weighted by Crippen LogP contribution is 2.37. The van der Waals surface area contributed by atoms with Crippen LogP contribution < -0.4 is 10.2 Å². The highest BCUT2D eigenvalue weighted by molar-refractivity contribution is 7.65. The zero-order valence-electron chi connectivity index (χ0n) is 12.0. The van der Waals surface area contributed by atoms with Gasteiger partial charge in [-0.3, -0.25) is 0 Å². The minimum atomic E-state index is -3.80. The van der Waals surface area contributed by atoms with E-state index in [2.05, 4.69) is 0 Å². The summed E-state index contributed by atoms with van der Waals surface area (Å²) >= 11 is 0. The van der Waals surface area contributed by atoms with Gasteiger partial charge in [-0.1, -0.05) is 72.8 Å². The van der Waals surface area contributed by atoms with Crippen molar-refractivity contribution in [2.24, 2.45) is 0 Å². The van der Waals surface area contributed by atoms with Crippen LogP contribution in [0.15, 0.2) is 72.8 Å². The second-order valence-electron chi connectivity index (χ2n) is 5.13. The van der Waals surface area contributed by atoms with E-state index in [0.29, 0.717) is 5.30 Å². The number of hydrogen-bond donors (Lipinski definition) is 0. The Morgan fingerprint density at radius 2 is 1.55 bits per heavy atom. The Kier molecular flexibility index (Phi) is 4.39. The summed E-state index contributed by atoms with van der Waals surface area (Å²) in [6, 6.07) is 22.3. The van der Waals surface area contributed by atoms with Gasteiger partial charge in [0.15, 0.2) is 0 Å². The predicted octanol–water partition coefficient (Wildman–Crippen LogP) is 3.28. The van der Waals surface area contributed by atoms with Crippen molar-refractivity contribution < 1.29 is 14.2 Å². The summed E-state index contributed by atoms with van der Waals surface area (Å²) < 4.78 is 18.0. The summed E-state index contributed by atoms with van der Waals surface area (Å²) in [6.07, 6.45) is -0.296. The second kappa shape index (κ2) is 6.45. The third kappa shape index (κ3) is 3.28. The Morgan fingerprint density at radius 1 is 0.864 bits per heavy atom. The minimum Gasteiger partial charge on any atom is -0.794 e. The summed E-state index contributed by atoms with van der Waals surface area (Å²) in [5.41, 5.74) is 0.959. The summed E-state index contributed by atoms with van der Waals surface area (Å²) in [5, 5.41) is 2.00. The molecule has 3 nitrogen and oxygen atoms in total.